The summed E-state index contributed by atoms with van der Waals surface area (Å²) in [4.78, 5) is 20.8. The van der Waals surface area contributed by atoms with E-state index in [0.29, 0.717) is 31.8 Å². The number of carbonyl (C=O) groups excluding carboxylic acids is 1. The van der Waals surface area contributed by atoms with Gasteiger partial charge in [0, 0.05) is 32.1 Å². The van der Waals surface area contributed by atoms with Crippen molar-refractivity contribution in [3.05, 3.63) is 30.2 Å². The molecule has 24 heavy (non-hydrogen) atoms. The topological polar surface area (TPSA) is 80.3 Å². The Hall–Kier alpha value is -2.22. The molecule has 8 heteroatoms. The van der Waals surface area contributed by atoms with Gasteiger partial charge in [0.1, 0.15) is 5.76 Å². The minimum Gasteiger partial charge on any atom is -0.446 e. The Morgan fingerprint density at radius 3 is 2.88 bits per heavy atom. The highest BCUT2D eigenvalue weighted by Crippen LogP contribution is 2.25. The lowest BCUT2D eigenvalue weighted by Crippen LogP contribution is -2.37. The number of aryl methyl sites for hydroxylation is 2. The molecule has 130 valence electrons. The van der Waals surface area contributed by atoms with Gasteiger partial charge in [0.2, 0.25) is 5.91 Å². The van der Waals surface area contributed by atoms with E-state index in [-0.39, 0.29) is 18.0 Å². The van der Waals surface area contributed by atoms with E-state index in [2.05, 4.69) is 20.2 Å². The average molecular weight is 332 g/mol. The lowest BCUT2D eigenvalue weighted by molar-refractivity contribution is -0.130. The van der Waals surface area contributed by atoms with E-state index in [4.69, 9.17) is 4.42 Å². The van der Waals surface area contributed by atoms with Gasteiger partial charge < -0.3 is 14.2 Å². The molecule has 8 nitrogen and oxygen atoms in total. The predicted octanol–water partition coefficient (Wildman–Crippen LogP) is 0.911. The summed E-state index contributed by atoms with van der Waals surface area (Å²) in [7, 11) is 4.07. The minimum atomic E-state index is 0.140. The first-order chi connectivity index (χ1) is 11.5. The van der Waals surface area contributed by atoms with Gasteiger partial charge >= 0.3 is 0 Å². The molecule has 1 amide bonds. The monoisotopic (exact) mass is 332 g/mol. The van der Waals surface area contributed by atoms with Crippen molar-refractivity contribution in [1.82, 2.24) is 29.8 Å². The summed E-state index contributed by atoms with van der Waals surface area (Å²) in [6.07, 6.45) is 7.19. The van der Waals surface area contributed by atoms with Crippen molar-refractivity contribution in [3.63, 3.8) is 0 Å². The van der Waals surface area contributed by atoms with Crippen LogP contribution in [0.5, 0.6) is 0 Å². The molecule has 1 saturated heterocycles. The first-order valence-corrected chi connectivity index (χ1v) is 8.26. The van der Waals surface area contributed by atoms with Crippen LogP contribution < -0.4 is 0 Å². The van der Waals surface area contributed by atoms with Crippen molar-refractivity contribution in [2.75, 3.05) is 27.2 Å². The predicted molar refractivity (Wildman–Crippen MR) is 87.3 cm³/mol. The second kappa shape index (κ2) is 7.12. The van der Waals surface area contributed by atoms with Gasteiger partial charge in [0.15, 0.2) is 5.89 Å². The highest BCUT2D eigenvalue weighted by atomic mass is 16.4. The highest BCUT2D eigenvalue weighted by molar-refractivity contribution is 5.76. The average Bonchev–Trinajstić information content (AvgIpc) is 3.26. The zero-order valence-electron chi connectivity index (χ0n) is 14.4. The van der Waals surface area contributed by atoms with E-state index >= 15 is 0 Å². The number of likely N-dealkylation sites (tertiary alicyclic amines) is 1. The summed E-state index contributed by atoms with van der Waals surface area (Å²) >= 11 is 0. The second-order valence-corrected chi connectivity index (χ2v) is 6.50. The van der Waals surface area contributed by atoms with Crippen molar-refractivity contribution >= 4 is 5.91 Å². The second-order valence-electron chi connectivity index (χ2n) is 6.50. The summed E-state index contributed by atoms with van der Waals surface area (Å²) < 4.78 is 7.30. The third-order valence-electron chi connectivity index (χ3n) is 4.51. The molecule has 0 unspecified atom stereocenters. The molecule has 2 aromatic heterocycles. The van der Waals surface area contributed by atoms with Crippen molar-refractivity contribution in [2.45, 2.75) is 38.3 Å². The fourth-order valence-electron chi connectivity index (χ4n) is 3.20. The van der Waals surface area contributed by atoms with Crippen molar-refractivity contribution in [2.24, 2.45) is 0 Å². The third kappa shape index (κ3) is 3.64. The maximum absolute atomic E-state index is 12.5. The van der Waals surface area contributed by atoms with E-state index in [0.717, 1.165) is 12.2 Å². The van der Waals surface area contributed by atoms with Crippen LogP contribution in [-0.2, 0) is 11.2 Å². The number of amides is 1. The van der Waals surface area contributed by atoms with Crippen LogP contribution >= 0.6 is 0 Å². The van der Waals surface area contributed by atoms with E-state index in [1.165, 1.54) is 0 Å². The molecule has 0 spiro atoms. The first-order valence-electron chi connectivity index (χ1n) is 8.26. The van der Waals surface area contributed by atoms with Crippen molar-refractivity contribution in [1.29, 1.82) is 0 Å². The van der Waals surface area contributed by atoms with Crippen LogP contribution in [0.2, 0.25) is 0 Å². The molecule has 1 fully saturated rings. The third-order valence-corrected chi connectivity index (χ3v) is 4.51. The summed E-state index contributed by atoms with van der Waals surface area (Å²) in [5.74, 6) is 1.68. The Kier molecular flexibility index (Phi) is 4.94. The van der Waals surface area contributed by atoms with E-state index < -0.39 is 0 Å². The van der Waals surface area contributed by atoms with E-state index in [1.807, 2.05) is 36.8 Å². The molecule has 2 aromatic rings. The van der Waals surface area contributed by atoms with Crippen LogP contribution in [0.4, 0.5) is 0 Å². The fourth-order valence-corrected chi connectivity index (χ4v) is 3.20. The Labute approximate surface area is 141 Å². The molecule has 0 radical (unpaired) electrons. The van der Waals surface area contributed by atoms with Gasteiger partial charge in [0.05, 0.1) is 24.5 Å². The van der Waals surface area contributed by atoms with Crippen molar-refractivity contribution < 1.29 is 9.21 Å². The van der Waals surface area contributed by atoms with E-state index in [1.54, 1.807) is 12.4 Å². The molecule has 1 aliphatic rings. The number of likely N-dealkylation sites (N-methyl/N-ethyl adjacent to an activating group) is 1. The Morgan fingerprint density at radius 2 is 2.25 bits per heavy atom. The molecule has 0 aliphatic carbocycles. The molecule has 3 heterocycles. The number of oxazole rings is 1. The molecule has 0 aromatic carbocycles. The van der Waals surface area contributed by atoms with Gasteiger partial charge in [-0.3, -0.25) is 4.79 Å². The molecule has 1 aliphatic heterocycles. The van der Waals surface area contributed by atoms with Crippen LogP contribution in [0, 0.1) is 6.92 Å². The Balaban J connectivity index is 1.55. The highest BCUT2D eigenvalue weighted by Gasteiger charge is 2.37. The van der Waals surface area contributed by atoms with Gasteiger partial charge in [-0.1, -0.05) is 5.21 Å². The molecular weight excluding hydrogens is 308 g/mol. The molecule has 0 bridgehead atoms. The number of hydrogen-bond donors (Lipinski definition) is 0. The number of nitrogens with zero attached hydrogens (tertiary/aromatic N) is 6. The molecule has 3 rings (SSSR count). The maximum atomic E-state index is 12.5. The van der Waals surface area contributed by atoms with Crippen LogP contribution in [0.3, 0.4) is 0 Å². The molecule has 0 saturated carbocycles. The number of carbonyl (C=O) groups is 1. The normalized spacial score (nSPS) is 20.9. The SMILES string of the molecule is Cc1cnc(CCCC(=O)N2C[C@@H](N(C)C)[C@@H](n3ccnn3)C2)o1. The number of hydrogen-bond acceptors (Lipinski definition) is 6. The quantitative estimate of drug-likeness (QED) is 0.782. The zero-order chi connectivity index (χ0) is 17.1. The largest absolute Gasteiger partial charge is 0.446 e. The van der Waals surface area contributed by atoms with Crippen LogP contribution in [0.15, 0.2) is 23.0 Å². The Morgan fingerprint density at radius 1 is 1.42 bits per heavy atom. The van der Waals surface area contributed by atoms with Gasteiger partial charge in [-0.25, -0.2) is 9.67 Å². The number of aromatic nitrogens is 4. The minimum absolute atomic E-state index is 0.140. The lowest BCUT2D eigenvalue weighted by atomic mass is 10.1. The van der Waals surface area contributed by atoms with Gasteiger partial charge in [-0.05, 0) is 27.4 Å². The lowest BCUT2D eigenvalue weighted by Gasteiger charge is -2.24. The zero-order valence-corrected chi connectivity index (χ0v) is 14.4. The number of rotatable bonds is 6. The standard InChI is InChI=1S/C16H24N6O2/c1-12-9-17-15(24-12)5-4-6-16(23)21-10-13(20(2)3)14(11-21)22-8-7-18-19-22/h7-9,13-14H,4-6,10-11H2,1-3H3/t13-,14+/m1/s1. The summed E-state index contributed by atoms with van der Waals surface area (Å²) in [5.41, 5.74) is 0. The summed E-state index contributed by atoms with van der Waals surface area (Å²) in [5, 5.41) is 8.00. The summed E-state index contributed by atoms with van der Waals surface area (Å²) in [6, 6.07) is 0.380. The molecule has 0 N–H and O–H groups in total. The molecular formula is C16H24N6O2. The van der Waals surface area contributed by atoms with Crippen LogP contribution in [-0.4, -0.2) is 68.9 Å². The van der Waals surface area contributed by atoms with Crippen molar-refractivity contribution in [3.8, 4) is 0 Å². The summed E-state index contributed by atoms with van der Waals surface area (Å²) in [6.45, 7) is 3.26. The van der Waals surface area contributed by atoms with Gasteiger partial charge in [-0.15, -0.1) is 5.10 Å². The molecule has 2 atom stereocenters. The van der Waals surface area contributed by atoms with Crippen LogP contribution in [0.25, 0.3) is 0 Å². The van der Waals surface area contributed by atoms with Gasteiger partial charge in [0.25, 0.3) is 0 Å². The Bertz CT molecular complexity index is 666. The first kappa shape index (κ1) is 16.6. The van der Waals surface area contributed by atoms with E-state index in [9.17, 15) is 4.79 Å². The van der Waals surface area contributed by atoms with Gasteiger partial charge in [-0.2, -0.15) is 0 Å². The smallest absolute Gasteiger partial charge is 0.222 e. The maximum Gasteiger partial charge on any atom is 0.222 e. The van der Waals surface area contributed by atoms with Crippen LogP contribution in [0.1, 0.15) is 30.5 Å². The fraction of sp³-hybridized carbons (Fsp3) is 0.625.